The second kappa shape index (κ2) is 9.26. The number of hydrogen-bond donors (Lipinski definition) is 1. The molecule has 0 aliphatic carbocycles. The van der Waals surface area contributed by atoms with E-state index in [0.29, 0.717) is 37.4 Å². The molecule has 1 atom stereocenters. The summed E-state index contributed by atoms with van der Waals surface area (Å²) in [6.45, 7) is 2.21. The normalized spacial score (nSPS) is 17.7. The third kappa shape index (κ3) is 5.76. The number of benzene rings is 2. The summed E-state index contributed by atoms with van der Waals surface area (Å²) < 4.78 is 52.0. The van der Waals surface area contributed by atoms with Crippen molar-refractivity contribution in [3.05, 3.63) is 52.5 Å². The molecular weight excluding hydrogens is 437 g/mol. The van der Waals surface area contributed by atoms with E-state index in [2.05, 4.69) is 4.74 Å². The van der Waals surface area contributed by atoms with Gasteiger partial charge in [0.1, 0.15) is 17.2 Å². The molecule has 0 spiro atoms. The Morgan fingerprint density at radius 1 is 1.19 bits per heavy atom. The van der Waals surface area contributed by atoms with Crippen molar-refractivity contribution >= 4 is 17.6 Å². The Morgan fingerprint density at radius 3 is 2.58 bits per heavy atom. The molecule has 0 radical (unpaired) electrons. The summed E-state index contributed by atoms with van der Waals surface area (Å²) in [5.41, 5.74) is 0.311. The lowest BCUT2D eigenvalue weighted by molar-refractivity contribution is -0.274. The summed E-state index contributed by atoms with van der Waals surface area (Å²) in [6, 6.07) is 9.17. The number of ether oxygens (including phenoxy) is 3. The molecule has 1 aliphatic rings. The molecule has 168 valence electrons. The van der Waals surface area contributed by atoms with Crippen LogP contribution in [0, 0.1) is 0 Å². The number of carbonyl (C=O) groups is 1. The number of unbranched alkanes of at least 4 members (excludes halogenated alkanes) is 1. The minimum absolute atomic E-state index is 0.221. The van der Waals surface area contributed by atoms with Crippen LogP contribution in [0.5, 0.6) is 17.2 Å². The Kier molecular flexibility index (Phi) is 6.89. The highest BCUT2D eigenvalue weighted by Crippen LogP contribution is 2.39. The molecule has 0 aromatic heterocycles. The fourth-order valence-electron chi connectivity index (χ4n) is 3.44. The molecule has 1 heterocycles. The monoisotopic (exact) mass is 458 g/mol. The first-order valence-corrected chi connectivity index (χ1v) is 10.2. The second-order valence-corrected chi connectivity index (χ2v) is 7.72. The van der Waals surface area contributed by atoms with Gasteiger partial charge >= 0.3 is 12.3 Å². The van der Waals surface area contributed by atoms with Crippen LogP contribution in [0.4, 0.5) is 13.2 Å². The molecule has 1 unspecified atom stereocenters. The number of fused-ring (bicyclic) bond motifs is 1. The maximum absolute atomic E-state index is 12.3. The van der Waals surface area contributed by atoms with Gasteiger partial charge in [0.2, 0.25) is 5.60 Å². The highest BCUT2D eigenvalue weighted by Gasteiger charge is 2.45. The SMILES string of the molecule is CCC1(C(=O)O)Cc2cc(OCCCCc3ccc(OC(F)(F)F)cc3Cl)ccc2O1. The Balaban J connectivity index is 1.46. The summed E-state index contributed by atoms with van der Waals surface area (Å²) in [4.78, 5) is 11.6. The number of alkyl halides is 3. The van der Waals surface area contributed by atoms with E-state index >= 15 is 0 Å². The van der Waals surface area contributed by atoms with Crippen molar-refractivity contribution in [2.45, 2.75) is 51.0 Å². The minimum Gasteiger partial charge on any atom is -0.494 e. The second-order valence-electron chi connectivity index (χ2n) is 7.31. The van der Waals surface area contributed by atoms with Gasteiger partial charge < -0.3 is 19.3 Å². The van der Waals surface area contributed by atoms with Crippen LogP contribution in [0.25, 0.3) is 0 Å². The van der Waals surface area contributed by atoms with Crippen molar-refractivity contribution in [2.75, 3.05) is 6.61 Å². The Bertz CT molecular complexity index is 947. The molecule has 0 saturated carbocycles. The average molecular weight is 459 g/mol. The lowest BCUT2D eigenvalue weighted by Crippen LogP contribution is -2.42. The van der Waals surface area contributed by atoms with Crippen LogP contribution in [-0.4, -0.2) is 29.6 Å². The van der Waals surface area contributed by atoms with Gasteiger partial charge in [-0.25, -0.2) is 4.79 Å². The maximum atomic E-state index is 12.3. The number of aliphatic carboxylic acids is 1. The van der Waals surface area contributed by atoms with E-state index in [1.165, 1.54) is 12.1 Å². The van der Waals surface area contributed by atoms with Gasteiger partial charge in [0.25, 0.3) is 0 Å². The molecule has 2 aromatic carbocycles. The van der Waals surface area contributed by atoms with Gasteiger partial charge in [-0.05, 0) is 61.6 Å². The van der Waals surface area contributed by atoms with Gasteiger partial charge in [0.05, 0.1) is 6.61 Å². The summed E-state index contributed by atoms with van der Waals surface area (Å²) >= 11 is 6.05. The summed E-state index contributed by atoms with van der Waals surface area (Å²) in [7, 11) is 0. The van der Waals surface area contributed by atoms with E-state index in [1.54, 1.807) is 25.1 Å². The fourth-order valence-corrected chi connectivity index (χ4v) is 3.71. The first kappa shape index (κ1) is 23.1. The molecule has 0 bridgehead atoms. The number of hydrogen-bond acceptors (Lipinski definition) is 4. The average Bonchev–Trinajstić information content (AvgIpc) is 3.07. The van der Waals surface area contributed by atoms with Gasteiger partial charge in [-0.2, -0.15) is 0 Å². The van der Waals surface area contributed by atoms with E-state index in [4.69, 9.17) is 21.1 Å². The molecule has 31 heavy (non-hydrogen) atoms. The zero-order chi connectivity index (χ0) is 22.6. The maximum Gasteiger partial charge on any atom is 0.573 e. The molecule has 5 nitrogen and oxygen atoms in total. The Labute approximate surface area is 182 Å². The fraction of sp³-hybridized carbons (Fsp3) is 0.409. The summed E-state index contributed by atoms with van der Waals surface area (Å²) in [5, 5.41) is 9.68. The van der Waals surface area contributed by atoms with E-state index in [1.807, 2.05) is 0 Å². The van der Waals surface area contributed by atoms with E-state index in [9.17, 15) is 23.1 Å². The smallest absolute Gasteiger partial charge is 0.494 e. The van der Waals surface area contributed by atoms with Crippen molar-refractivity contribution in [3.63, 3.8) is 0 Å². The molecule has 1 N–H and O–H groups in total. The topological polar surface area (TPSA) is 65.0 Å². The molecule has 0 amide bonds. The van der Waals surface area contributed by atoms with Gasteiger partial charge in [-0.3, -0.25) is 0 Å². The Hall–Kier alpha value is -2.61. The number of carboxylic acids is 1. The minimum atomic E-state index is -4.75. The highest BCUT2D eigenvalue weighted by molar-refractivity contribution is 6.31. The van der Waals surface area contributed by atoms with Crippen LogP contribution in [0.1, 0.15) is 37.3 Å². The van der Waals surface area contributed by atoms with E-state index in [-0.39, 0.29) is 17.2 Å². The number of aryl methyl sites for hydroxylation is 1. The lowest BCUT2D eigenvalue weighted by atomic mass is 9.94. The van der Waals surface area contributed by atoms with Crippen molar-refractivity contribution in [2.24, 2.45) is 0 Å². The van der Waals surface area contributed by atoms with Crippen LogP contribution >= 0.6 is 11.6 Å². The highest BCUT2D eigenvalue weighted by atomic mass is 35.5. The van der Waals surface area contributed by atoms with Gasteiger partial charge in [-0.15, -0.1) is 13.2 Å². The summed E-state index contributed by atoms with van der Waals surface area (Å²) in [6.07, 6.45) is -2.08. The van der Waals surface area contributed by atoms with E-state index in [0.717, 1.165) is 23.6 Å². The largest absolute Gasteiger partial charge is 0.573 e. The predicted molar refractivity (Wildman–Crippen MR) is 108 cm³/mol. The Morgan fingerprint density at radius 2 is 1.94 bits per heavy atom. The molecule has 9 heteroatoms. The molecule has 1 aliphatic heterocycles. The van der Waals surface area contributed by atoms with Crippen LogP contribution in [0.15, 0.2) is 36.4 Å². The first-order chi connectivity index (χ1) is 14.6. The van der Waals surface area contributed by atoms with E-state index < -0.39 is 17.9 Å². The zero-order valence-corrected chi connectivity index (χ0v) is 17.6. The quantitative estimate of drug-likeness (QED) is 0.480. The molecule has 0 fully saturated rings. The lowest BCUT2D eigenvalue weighted by Gasteiger charge is -2.21. The molecule has 0 saturated heterocycles. The predicted octanol–water partition coefficient (Wildman–Crippen LogP) is 5.81. The first-order valence-electron chi connectivity index (χ1n) is 9.84. The van der Waals surface area contributed by atoms with Gasteiger partial charge in [0, 0.05) is 17.0 Å². The molecule has 3 rings (SSSR count). The van der Waals surface area contributed by atoms with Crippen molar-refractivity contribution < 1.29 is 37.3 Å². The molecule has 2 aromatic rings. The van der Waals surface area contributed by atoms with Gasteiger partial charge in [0.15, 0.2) is 0 Å². The zero-order valence-electron chi connectivity index (χ0n) is 16.8. The van der Waals surface area contributed by atoms with Crippen LogP contribution < -0.4 is 14.2 Å². The van der Waals surface area contributed by atoms with Crippen LogP contribution in [-0.2, 0) is 17.6 Å². The summed E-state index contributed by atoms with van der Waals surface area (Å²) in [5.74, 6) is -0.138. The van der Waals surface area contributed by atoms with Crippen molar-refractivity contribution in [3.8, 4) is 17.2 Å². The van der Waals surface area contributed by atoms with Crippen LogP contribution in [0.3, 0.4) is 0 Å². The van der Waals surface area contributed by atoms with Crippen molar-refractivity contribution in [1.82, 2.24) is 0 Å². The van der Waals surface area contributed by atoms with Crippen molar-refractivity contribution in [1.29, 1.82) is 0 Å². The third-order valence-electron chi connectivity index (χ3n) is 5.14. The number of rotatable bonds is 9. The van der Waals surface area contributed by atoms with Crippen LogP contribution in [0.2, 0.25) is 5.02 Å². The standard InChI is InChI=1S/C22H22ClF3O5/c1-2-21(20(27)28)13-15-11-16(8-9-19(15)31-21)29-10-4-3-5-14-6-7-17(12-18(14)23)30-22(24,25)26/h6-9,11-12H,2-5,10,13H2,1H3,(H,27,28). The van der Waals surface area contributed by atoms with Gasteiger partial charge in [-0.1, -0.05) is 24.6 Å². The number of carboxylic acid groups (broad SMARTS) is 1. The number of halogens is 4. The molecular formula is C22H22ClF3O5. The third-order valence-corrected chi connectivity index (χ3v) is 5.49.